The van der Waals surface area contributed by atoms with Crippen LogP contribution in [-0.2, 0) is 6.42 Å². The molecule has 55 heavy (non-hydrogen) atoms. The van der Waals surface area contributed by atoms with Crippen LogP contribution in [0.3, 0.4) is 0 Å². The van der Waals surface area contributed by atoms with Gasteiger partial charge in [0, 0.05) is 57.7 Å². The average Bonchev–Trinajstić information content (AvgIpc) is 3.74. The van der Waals surface area contributed by atoms with Crippen molar-refractivity contribution in [2.45, 2.75) is 19.8 Å². The summed E-state index contributed by atoms with van der Waals surface area (Å²) in [5.74, 6) is 4.68. The first kappa shape index (κ1) is 32.3. The van der Waals surface area contributed by atoms with Gasteiger partial charge in [-0.05, 0) is 84.8 Å². The van der Waals surface area contributed by atoms with Crippen molar-refractivity contribution >= 4 is 43.6 Å². The van der Waals surface area contributed by atoms with Crippen molar-refractivity contribution in [3.8, 4) is 46.0 Å². The van der Waals surface area contributed by atoms with Crippen molar-refractivity contribution in [1.29, 1.82) is 0 Å². The fourth-order valence-electron chi connectivity index (χ4n) is 7.51. The van der Waals surface area contributed by atoms with Gasteiger partial charge in [0.25, 0.3) is 0 Å². The highest BCUT2D eigenvalue weighted by molar-refractivity contribution is 6.10. The summed E-state index contributed by atoms with van der Waals surface area (Å²) in [5, 5.41) is 4.52. The number of pyridine rings is 2. The quantitative estimate of drug-likeness (QED) is 0.147. The van der Waals surface area contributed by atoms with Crippen LogP contribution in [0.5, 0.6) is 23.0 Å². The molecule has 264 valence electrons. The minimum absolute atomic E-state index is 0.504. The predicted octanol–water partition coefficient (Wildman–Crippen LogP) is 11.1. The van der Waals surface area contributed by atoms with Gasteiger partial charge in [0.05, 0.1) is 22.1 Å². The third-order valence-corrected chi connectivity index (χ3v) is 9.85. The lowest BCUT2D eigenvalue weighted by molar-refractivity contribution is 0.461. The molecule has 0 aliphatic heterocycles. The summed E-state index contributed by atoms with van der Waals surface area (Å²) < 4.78 is 17.7. The molecule has 5 aromatic heterocycles. The fraction of sp³-hybridized carbons (Fsp3) is 0.0652. The van der Waals surface area contributed by atoms with Gasteiger partial charge < -0.3 is 9.47 Å². The van der Waals surface area contributed by atoms with Gasteiger partial charge in [-0.25, -0.2) is 24.9 Å². The number of ether oxygens (including phenoxy) is 2. The summed E-state index contributed by atoms with van der Waals surface area (Å²) in [6, 6.07) is 45.0. The maximum Gasteiger partial charge on any atom is 0.162 e. The maximum absolute atomic E-state index is 6.67. The predicted molar refractivity (Wildman–Crippen MR) is 217 cm³/mol. The van der Waals surface area contributed by atoms with Gasteiger partial charge in [-0.3, -0.25) is 9.13 Å². The van der Waals surface area contributed by atoms with Crippen molar-refractivity contribution in [2.75, 3.05) is 0 Å². The Labute approximate surface area is 316 Å². The van der Waals surface area contributed by atoms with E-state index in [-0.39, 0.29) is 0 Å². The van der Waals surface area contributed by atoms with Crippen LogP contribution in [0.1, 0.15) is 18.9 Å². The van der Waals surface area contributed by atoms with Crippen LogP contribution in [0.15, 0.2) is 159 Å². The molecule has 0 saturated heterocycles. The SMILES string of the molecule is CCCc1ccnc(-n2c3ccccc3c3ccc(Oc4cc(Oc5ccc6c7ccccc7n(-c7ccccn7)c6c5)cc(-c5ncncn5)c4)cc32)c1. The molecule has 9 heteroatoms. The average molecular weight is 716 g/mol. The van der Waals surface area contributed by atoms with E-state index in [9.17, 15) is 0 Å². The Balaban J connectivity index is 1.06. The van der Waals surface area contributed by atoms with E-state index >= 15 is 0 Å². The van der Waals surface area contributed by atoms with E-state index in [2.05, 4.69) is 115 Å². The van der Waals surface area contributed by atoms with Gasteiger partial charge in [-0.1, -0.05) is 55.8 Å². The molecular formula is C46H33N7O2. The first-order valence-corrected chi connectivity index (χ1v) is 18.3. The topological polar surface area (TPSA) is 92.8 Å². The summed E-state index contributed by atoms with van der Waals surface area (Å²) in [6.07, 6.45) is 8.72. The Morgan fingerprint density at radius 3 is 1.67 bits per heavy atom. The van der Waals surface area contributed by atoms with Gasteiger partial charge in [0.1, 0.15) is 47.3 Å². The van der Waals surface area contributed by atoms with E-state index in [1.54, 1.807) is 0 Å². The minimum atomic E-state index is 0.504. The second-order valence-corrected chi connectivity index (χ2v) is 13.4. The molecule has 9 nitrogen and oxygen atoms in total. The molecule has 0 aliphatic rings. The highest BCUT2D eigenvalue weighted by Gasteiger charge is 2.17. The summed E-state index contributed by atoms with van der Waals surface area (Å²) in [5.41, 5.74) is 6.13. The lowest BCUT2D eigenvalue weighted by Gasteiger charge is -2.13. The number of hydrogen-bond acceptors (Lipinski definition) is 7. The number of aryl methyl sites for hydroxylation is 1. The number of para-hydroxylation sites is 2. The zero-order chi connectivity index (χ0) is 36.7. The molecule has 10 aromatic rings. The Hall–Kier alpha value is -7.39. The first-order valence-electron chi connectivity index (χ1n) is 18.3. The normalized spacial score (nSPS) is 11.5. The molecule has 5 aromatic carbocycles. The van der Waals surface area contributed by atoms with Gasteiger partial charge in [0.2, 0.25) is 0 Å². The second kappa shape index (κ2) is 13.5. The van der Waals surface area contributed by atoms with Crippen LogP contribution in [0.4, 0.5) is 0 Å². The second-order valence-electron chi connectivity index (χ2n) is 13.4. The van der Waals surface area contributed by atoms with E-state index in [0.29, 0.717) is 28.8 Å². The van der Waals surface area contributed by atoms with Crippen molar-refractivity contribution in [3.05, 3.63) is 164 Å². The maximum atomic E-state index is 6.67. The molecule has 0 spiro atoms. The molecule has 0 amide bonds. The molecule has 0 radical (unpaired) electrons. The van der Waals surface area contributed by atoms with Crippen LogP contribution in [-0.4, -0.2) is 34.1 Å². The largest absolute Gasteiger partial charge is 0.457 e. The molecule has 10 rings (SSSR count). The van der Waals surface area contributed by atoms with Gasteiger partial charge >= 0.3 is 0 Å². The fourth-order valence-corrected chi connectivity index (χ4v) is 7.51. The van der Waals surface area contributed by atoms with Crippen molar-refractivity contribution in [2.24, 2.45) is 0 Å². The molecule has 0 bridgehead atoms. The van der Waals surface area contributed by atoms with Crippen molar-refractivity contribution in [3.63, 3.8) is 0 Å². The Morgan fingerprint density at radius 2 is 1.05 bits per heavy atom. The van der Waals surface area contributed by atoms with Crippen molar-refractivity contribution < 1.29 is 9.47 Å². The summed E-state index contributed by atoms with van der Waals surface area (Å²) >= 11 is 0. The third kappa shape index (κ3) is 5.88. The van der Waals surface area contributed by atoms with Crippen molar-refractivity contribution in [1.82, 2.24) is 34.1 Å². The lowest BCUT2D eigenvalue weighted by Crippen LogP contribution is -1.99. The van der Waals surface area contributed by atoms with E-state index < -0.39 is 0 Å². The van der Waals surface area contributed by atoms with Gasteiger partial charge in [-0.15, -0.1) is 0 Å². The molecule has 0 unspecified atom stereocenters. The van der Waals surface area contributed by atoms with E-state index in [0.717, 1.165) is 73.7 Å². The number of rotatable bonds is 9. The summed E-state index contributed by atoms with van der Waals surface area (Å²) in [4.78, 5) is 22.4. The highest BCUT2D eigenvalue weighted by Crippen LogP contribution is 2.39. The highest BCUT2D eigenvalue weighted by atomic mass is 16.5. The Kier molecular flexibility index (Phi) is 7.95. The van der Waals surface area contributed by atoms with Crippen LogP contribution in [0, 0.1) is 0 Å². The minimum Gasteiger partial charge on any atom is -0.457 e. The molecule has 0 fully saturated rings. The van der Waals surface area contributed by atoms with Crippen LogP contribution in [0.2, 0.25) is 0 Å². The summed E-state index contributed by atoms with van der Waals surface area (Å²) in [7, 11) is 0. The summed E-state index contributed by atoms with van der Waals surface area (Å²) in [6.45, 7) is 2.19. The standard InChI is InChI=1S/C46H33N7O2/c1-2-9-30-19-21-49-45(22-30)53-41-13-6-4-11-37(41)39-18-16-33(27-43(39)53)55-35-24-31(46-50-28-47-29-51-46)23-34(25-35)54-32-15-17-38-36-10-3-5-12-40(36)52(42(38)26-32)44-14-7-8-20-48-44/h3-8,10-29H,2,9H2,1H3. The number of fused-ring (bicyclic) bond motifs is 6. The number of hydrogen-bond donors (Lipinski definition) is 0. The van der Waals surface area contributed by atoms with Gasteiger partial charge in [0.15, 0.2) is 5.82 Å². The molecule has 0 aliphatic carbocycles. The van der Waals surface area contributed by atoms with E-state index in [4.69, 9.17) is 14.5 Å². The molecule has 0 N–H and O–H groups in total. The monoisotopic (exact) mass is 715 g/mol. The molecule has 5 heterocycles. The molecule has 0 saturated carbocycles. The van der Waals surface area contributed by atoms with E-state index in [1.807, 2.05) is 67.0 Å². The van der Waals surface area contributed by atoms with Gasteiger partial charge in [-0.2, -0.15) is 0 Å². The number of nitrogens with zero attached hydrogens (tertiary/aromatic N) is 7. The van der Waals surface area contributed by atoms with E-state index in [1.165, 1.54) is 18.2 Å². The first-order chi connectivity index (χ1) is 27.2. The zero-order valence-electron chi connectivity index (χ0n) is 29.9. The molecule has 0 atom stereocenters. The smallest absolute Gasteiger partial charge is 0.162 e. The Morgan fingerprint density at radius 1 is 0.473 bits per heavy atom. The lowest BCUT2D eigenvalue weighted by atomic mass is 10.1. The Bertz CT molecular complexity index is 3010. The van der Waals surface area contributed by atoms with Crippen LogP contribution < -0.4 is 9.47 Å². The van der Waals surface area contributed by atoms with Crippen LogP contribution >= 0.6 is 0 Å². The number of benzene rings is 5. The van der Waals surface area contributed by atoms with Crippen LogP contribution in [0.25, 0.3) is 66.6 Å². The number of aromatic nitrogens is 7. The molecular weight excluding hydrogens is 683 g/mol. The zero-order valence-corrected chi connectivity index (χ0v) is 29.9. The third-order valence-electron chi connectivity index (χ3n) is 9.85.